The number of alkyl halides is 3. The van der Waals surface area contributed by atoms with Crippen molar-refractivity contribution in [3.05, 3.63) is 60.2 Å². The van der Waals surface area contributed by atoms with Gasteiger partial charge in [-0.1, -0.05) is 12.1 Å². The van der Waals surface area contributed by atoms with Crippen LogP contribution in [0.15, 0.2) is 48.8 Å². The number of phenolic OH excluding ortho intramolecular Hbond substituents is 1. The van der Waals surface area contributed by atoms with Gasteiger partial charge in [-0.15, -0.1) is 13.2 Å². The molecule has 0 spiro atoms. The van der Waals surface area contributed by atoms with E-state index in [1.165, 1.54) is 24.3 Å². The lowest BCUT2D eigenvalue weighted by molar-refractivity contribution is -0.275. The summed E-state index contributed by atoms with van der Waals surface area (Å²) in [6.45, 7) is 1.26. The van der Waals surface area contributed by atoms with Crippen LogP contribution in [0.25, 0.3) is 28.0 Å². The first-order valence-electron chi connectivity index (χ1n) is 11.3. The monoisotopic (exact) mass is 512 g/mol. The van der Waals surface area contributed by atoms with Gasteiger partial charge in [-0.2, -0.15) is 5.26 Å². The van der Waals surface area contributed by atoms with E-state index >= 15 is 0 Å². The molecule has 37 heavy (non-hydrogen) atoms. The SMILES string of the molecule is N#Cc1ccc(-c2nc(N3CCC(N)CC3)n3ccnc3c2-c2ccc(OC(F)(F)F)c(O)c2)cc1F. The molecule has 4 aromatic rings. The van der Waals surface area contributed by atoms with E-state index in [0.29, 0.717) is 35.8 Å². The first kappa shape index (κ1) is 24.3. The molecule has 1 aliphatic heterocycles. The molecule has 2 aromatic carbocycles. The smallest absolute Gasteiger partial charge is 0.504 e. The third-order valence-electron chi connectivity index (χ3n) is 6.19. The van der Waals surface area contributed by atoms with Crippen molar-refractivity contribution in [2.24, 2.45) is 5.73 Å². The van der Waals surface area contributed by atoms with Gasteiger partial charge in [-0.25, -0.2) is 14.4 Å². The molecule has 12 heteroatoms. The van der Waals surface area contributed by atoms with Gasteiger partial charge in [0, 0.05) is 37.1 Å². The molecule has 3 N–H and O–H groups in total. The normalized spacial score (nSPS) is 14.6. The summed E-state index contributed by atoms with van der Waals surface area (Å²) in [5, 5.41) is 19.5. The Morgan fingerprint density at radius 3 is 2.49 bits per heavy atom. The summed E-state index contributed by atoms with van der Waals surface area (Å²) < 4.78 is 58.4. The minimum Gasteiger partial charge on any atom is -0.504 e. The van der Waals surface area contributed by atoms with E-state index in [9.17, 15) is 22.7 Å². The van der Waals surface area contributed by atoms with Crippen LogP contribution in [-0.2, 0) is 0 Å². The third kappa shape index (κ3) is 4.73. The van der Waals surface area contributed by atoms with Gasteiger partial charge < -0.3 is 20.5 Å². The second-order valence-corrected chi connectivity index (χ2v) is 8.62. The van der Waals surface area contributed by atoms with Gasteiger partial charge in [0.05, 0.1) is 16.8 Å². The number of nitrogens with two attached hydrogens (primary N) is 1. The predicted molar refractivity (Wildman–Crippen MR) is 126 cm³/mol. The van der Waals surface area contributed by atoms with E-state index in [4.69, 9.17) is 16.0 Å². The van der Waals surface area contributed by atoms with Gasteiger partial charge in [-0.3, -0.25) is 4.40 Å². The van der Waals surface area contributed by atoms with E-state index in [-0.39, 0.29) is 22.9 Å². The molecule has 1 aliphatic rings. The van der Waals surface area contributed by atoms with Crippen LogP contribution in [0.1, 0.15) is 18.4 Å². The molecule has 0 bridgehead atoms. The largest absolute Gasteiger partial charge is 0.573 e. The first-order chi connectivity index (χ1) is 17.6. The molecule has 8 nitrogen and oxygen atoms in total. The van der Waals surface area contributed by atoms with Crippen LogP contribution in [0.5, 0.6) is 11.5 Å². The minimum atomic E-state index is -4.99. The van der Waals surface area contributed by atoms with Crippen molar-refractivity contribution in [2.75, 3.05) is 18.0 Å². The zero-order chi connectivity index (χ0) is 26.3. The average Bonchev–Trinajstić information content (AvgIpc) is 3.34. The van der Waals surface area contributed by atoms with Gasteiger partial charge >= 0.3 is 6.36 Å². The van der Waals surface area contributed by atoms with Crippen LogP contribution in [0.4, 0.5) is 23.5 Å². The highest BCUT2D eigenvalue weighted by Crippen LogP contribution is 2.41. The van der Waals surface area contributed by atoms with Gasteiger partial charge in [0.15, 0.2) is 11.5 Å². The Labute approximate surface area is 208 Å². The molecule has 1 saturated heterocycles. The Bertz CT molecular complexity index is 1520. The highest BCUT2D eigenvalue weighted by atomic mass is 19.4. The number of hydrogen-bond donors (Lipinski definition) is 2. The van der Waals surface area contributed by atoms with Crippen molar-refractivity contribution in [3.8, 4) is 40.0 Å². The average molecular weight is 512 g/mol. The zero-order valence-corrected chi connectivity index (χ0v) is 19.2. The highest BCUT2D eigenvalue weighted by molar-refractivity contribution is 5.91. The zero-order valence-electron chi connectivity index (χ0n) is 19.2. The van der Waals surface area contributed by atoms with E-state index in [2.05, 4.69) is 9.72 Å². The fourth-order valence-electron chi connectivity index (χ4n) is 4.40. The van der Waals surface area contributed by atoms with E-state index in [1.807, 2.05) is 4.90 Å². The Kier molecular flexibility index (Phi) is 6.08. The topological polar surface area (TPSA) is 113 Å². The molecule has 0 atom stereocenters. The summed E-state index contributed by atoms with van der Waals surface area (Å²) in [5.74, 6) is -1.73. The van der Waals surface area contributed by atoms with Crippen LogP contribution in [0, 0.1) is 17.1 Å². The Hall–Kier alpha value is -4.37. The standard InChI is InChI=1S/C25H20F4N6O2/c26-18-11-15(1-2-16(18)13-30)22-21(14-3-4-20(19(36)12-14)37-25(27,28)29)23-32-7-10-35(23)24(33-22)34-8-5-17(31)6-9-34/h1-4,7,10-12,17,36H,5-6,8-9,31H2. The Morgan fingerprint density at radius 1 is 1.11 bits per heavy atom. The number of halogens is 4. The van der Waals surface area contributed by atoms with Crippen molar-refractivity contribution in [2.45, 2.75) is 25.2 Å². The lowest BCUT2D eigenvalue weighted by Gasteiger charge is -2.32. The molecule has 0 aliphatic carbocycles. The van der Waals surface area contributed by atoms with Crippen molar-refractivity contribution in [1.29, 1.82) is 5.26 Å². The molecule has 0 unspecified atom stereocenters. The summed E-state index contributed by atoms with van der Waals surface area (Å²) in [6, 6.07) is 9.29. The molecular formula is C25H20F4N6O2. The molecule has 5 rings (SSSR count). The van der Waals surface area contributed by atoms with Crippen molar-refractivity contribution in [1.82, 2.24) is 14.4 Å². The number of rotatable bonds is 4. The van der Waals surface area contributed by atoms with Crippen LogP contribution >= 0.6 is 0 Å². The van der Waals surface area contributed by atoms with E-state index in [1.54, 1.807) is 22.9 Å². The van der Waals surface area contributed by atoms with Crippen LogP contribution in [0.2, 0.25) is 0 Å². The minimum absolute atomic E-state index is 0.0706. The molecule has 1 fully saturated rings. The number of nitriles is 1. The number of nitrogens with zero attached hydrogens (tertiary/aromatic N) is 5. The second-order valence-electron chi connectivity index (χ2n) is 8.62. The van der Waals surface area contributed by atoms with Gasteiger partial charge in [0.25, 0.3) is 0 Å². The summed E-state index contributed by atoms with van der Waals surface area (Å²) in [6.07, 6.45) is -0.256. The van der Waals surface area contributed by atoms with Crippen LogP contribution in [-0.4, -0.2) is 45.0 Å². The number of ether oxygens (including phenoxy) is 1. The van der Waals surface area contributed by atoms with Crippen molar-refractivity contribution < 1.29 is 27.4 Å². The quantitative estimate of drug-likeness (QED) is 0.384. The molecule has 0 radical (unpaired) electrons. The fourth-order valence-corrected chi connectivity index (χ4v) is 4.40. The molecule has 3 heterocycles. The van der Waals surface area contributed by atoms with Crippen LogP contribution in [0.3, 0.4) is 0 Å². The summed E-state index contributed by atoms with van der Waals surface area (Å²) in [4.78, 5) is 11.3. The van der Waals surface area contributed by atoms with Gasteiger partial charge in [0.2, 0.25) is 5.95 Å². The molecular weight excluding hydrogens is 492 g/mol. The lowest BCUT2D eigenvalue weighted by Crippen LogP contribution is -2.40. The number of aromatic nitrogens is 3. The summed E-state index contributed by atoms with van der Waals surface area (Å²) >= 11 is 0. The number of imidazole rings is 1. The molecule has 2 aromatic heterocycles. The summed E-state index contributed by atoms with van der Waals surface area (Å²) in [5.41, 5.74) is 7.52. The highest BCUT2D eigenvalue weighted by Gasteiger charge is 2.32. The maximum Gasteiger partial charge on any atom is 0.573 e. The fraction of sp³-hybridized carbons (Fsp3) is 0.240. The van der Waals surface area contributed by atoms with Gasteiger partial charge in [-0.05, 0) is 42.7 Å². The summed E-state index contributed by atoms with van der Waals surface area (Å²) in [7, 11) is 0. The number of anilines is 1. The van der Waals surface area contributed by atoms with E-state index in [0.717, 1.165) is 25.0 Å². The number of hydrogen-bond acceptors (Lipinski definition) is 7. The second kappa shape index (κ2) is 9.25. The third-order valence-corrected chi connectivity index (χ3v) is 6.19. The predicted octanol–water partition coefficient (Wildman–Crippen LogP) is 4.61. The number of fused-ring (bicyclic) bond motifs is 1. The number of benzene rings is 2. The lowest BCUT2D eigenvalue weighted by atomic mass is 9.98. The maximum atomic E-state index is 14.6. The number of phenols is 1. The Balaban J connectivity index is 1.73. The number of aromatic hydroxyl groups is 1. The maximum absolute atomic E-state index is 14.6. The van der Waals surface area contributed by atoms with E-state index < -0.39 is 23.7 Å². The van der Waals surface area contributed by atoms with Crippen molar-refractivity contribution >= 4 is 11.6 Å². The number of piperidine rings is 1. The molecule has 190 valence electrons. The molecule has 0 saturated carbocycles. The van der Waals surface area contributed by atoms with Gasteiger partial charge in [0.1, 0.15) is 17.5 Å². The first-order valence-corrected chi connectivity index (χ1v) is 11.3. The van der Waals surface area contributed by atoms with Crippen molar-refractivity contribution in [3.63, 3.8) is 0 Å². The van der Waals surface area contributed by atoms with Crippen LogP contribution < -0.4 is 15.4 Å². The Morgan fingerprint density at radius 2 is 1.84 bits per heavy atom. The molecule has 0 amide bonds.